The van der Waals surface area contributed by atoms with Crippen LogP contribution in [-0.2, 0) is 6.54 Å². The summed E-state index contributed by atoms with van der Waals surface area (Å²) >= 11 is 0. The van der Waals surface area contributed by atoms with Gasteiger partial charge in [0.05, 0.1) is 11.9 Å². The second-order valence-corrected chi connectivity index (χ2v) is 4.90. The molecule has 6 heteroatoms. The lowest BCUT2D eigenvalue weighted by molar-refractivity contribution is 0.141. The number of hydrogen-bond donors (Lipinski definition) is 1. The van der Waals surface area contributed by atoms with Gasteiger partial charge >= 0.3 is 0 Å². The maximum Gasteiger partial charge on any atom is 0.280 e. The van der Waals surface area contributed by atoms with Gasteiger partial charge in [-0.25, -0.2) is 17.9 Å². The van der Waals surface area contributed by atoms with E-state index in [0.717, 1.165) is 12.8 Å². The molecule has 0 saturated heterocycles. The molecule has 0 atom stereocenters. The van der Waals surface area contributed by atoms with E-state index < -0.39 is 12.2 Å². The lowest BCUT2D eigenvalue weighted by atomic mass is 10.2. The Morgan fingerprint density at radius 1 is 1.25 bits per heavy atom. The van der Waals surface area contributed by atoms with Crippen LogP contribution in [0, 0.1) is 5.82 Å². The first-order chi connectivity index (χ1) is 9.65. The van der Waals surface area contributed by atoms with Gasteiger partial charge < -0.3 is 5.32 Å². The van der Waals surface area contributed by atoms with Gasteiger partial charge in [0, 0.05) is 18.2 Å². The molecule has 1 heterocycles. The Kier molecular flexibility index (Phi) is 3.48. The SMILES string of the molecule is Fc1ccc(-n2ncc(CNC3CC3)c2C(F)F)cc1. The number of rotatable bonds is 5. The molecule has 3 nitrogen and oxygen atoms in total. The minimum atomic E-state index is -2.63. The van der Waals surface area contributed by atoms with Crippen LogP contribution in [0.15, 0.2) is 30.5 Å². The molecule has 0 unspecified atom stereocenters. The van der Waals surface area contributed by atoms with Crippen LogP contribution < -0.4 is 5.32 Å². The van der Waals surface area contributed by atoms with Crippen molar-refractivity contribution >= 4 is 0 Å². The van der Waals surface area contributed by atoms with Crippen LogP contribution in [0.4, 0.5) is 13.2 Å². The van der Waals surface area contributed by atoms with Gasteiger partial charge in [0.15, 0.2) is 0 Å². The van der Waals surface area contributed by atoms with Crippen LogP contribution in [0.2, 0.25) is 0 Å². The van der Waals surface area contributed by atoms with Gasteiger partial charge in [0.2, 0.25) is 0 Å². The molecule has 106 valence electrons. The molecule has 1 aliphatic carbocycles. The molecular formula is C14H14F3N3. The van der Waals surface area contributed by atoms with Crippen LogP contribution in [0.25, 0.3) is 5.69 Å². The fourth-order valence-corrected chi connectivity index (χ4v) is 2.09. The molecule has 2 aromatic rings. The summed E-state index contributed by atoms with van der Waals surface area (Å²) in [6.45, 7) is 0.380. The second kappa shape index (κ2) is 5.28. The summed E-state index contributed by atoms with van der Waals surface area (Å²) in [5.74, 6) is -0.407. The monoisotopic (exact) mass is 281 g/mol. The predicted molar refractivity (Wildman–Crippen MR) is 68.3 cm³/mol. The van der Waals surface area contributed by atoms with Gasteiger partial charge in [-0.2, -0.15) is 5.10 Å². The highest BCUT2D eigenvalue weighted by Crippen LogP contribution is 2.27. The van der Waals surface area contributed by atoms with Crippen molar-refractivity contribution in [3.8, 4) is 5.69 Å². The third-order valence-electron chi connectivity index (χ3n) is 3.32. The van der Waals surface area contributed by atoms with Gasteiger partial charge in [-0.15, -0.1) is 0 Å². The summed E-state index contributed by atoms with van der Waals surface area (Å²) in [6, 6.07) is 5.77. The number of alkyl halides is 2. The first-order valence-corrected chi connectivity index (χ1v) is 6.49. The van der Waals surface area contributed by atoms with Crippen LogP contribution in [0.5, 0.6) is 0 Å². The molecule has 1 aromatic carbocycles. The summed E-state index contributed by atoms with van der Waals surface area (Å²) < 4.78 is 40.6. The molecule has 1 fully saturated rings. The number of nitrogens with one attached hydrogen (secondary N) is 1. The molecule has 20 heavy (non-hydrogen) atoms. The largest absolute Gasteiger partial charge is 0.310 e. The number of benzene rings is 1. The summed E-state index contributed by atoms with van der Waals surface area (Å²) in [7, 11) is 0. The van der Waals surface area contributed by atoms with Crippen molar-refractivity contribution in [2.75, 3.05) is 0 Å². The van der Waals surface area contributed by atoms with Crippen molar-refractivity contribution in [3.05, 3.63) is 47.5 Å². The molecule has 0 radical (unpaired) electrons. The standard InChI is InChI=1S/C14H14F3N3/c15-10-1-5-12(6-2-10)20-13(14(16)17)9(8-19-20)7-18-11-3-4-11/h1-2,5-6,8,11,14,18H,3-4,7H2. The molecule has 1 saturated carbocycles. The molecule has 0 spiro atoms. The Labute approximate surface area is 114 Å². The van der Waals surface area contributed by atoms with Gasteiger partial charge in [-0.1, -0.05) is 0 Å². The topological polar surface area (TPSA) is 29.9 Å². The average molecular weight is 281 g/mol. The van der Waals surface area contributed by atoms with Crippen molar-refractivity contribution in [3.63, 3.8) is 0 Å². The van der Waals surface area contributed by atoms with E-state index in [-0.39, 0.29) is 5.69 Å². The Morgan fingerprint density at radius 2 is 1.95 bits per heavy atom. The molecule has 0 aliphatic heterocycles. The van der Waals surface area contributed by atoms with Crippen LogP contribution in [-0.4, -0.2) is 15.8 Å². The molecule has 1 N–H and O–H groups in total. The first-order valence-electron chi connectivity index (χ1n) is 6.49. The summed E-state index contributed by atoms with van der Waals surface area (Å²) in [5.41, 5.74) is 0.778. The first kappa shape index (κ1) is 13.2. The maximum atomic E-state index is 13.3. The number of nitrogens with zero attached hydrogens (tertiary/aromatic N) is 2. The highest BCUT2D eigenvalue weighted by Gasteiger charge is 2.24. The van der Waals surface area contributed by atoms with Crippen molar-refractivity contribution in [2.45, 2.75) is 31.9 Å². The van der Waals surface area contributed by atoms with E-state index in [0.29, 0.717) is 23.8 Å². The zero-order valence-electron chi connectivity index (χ0n) is 10.7. The van der Waals surface area contributed by atoms with E-state index in [1.165, 1.54) is 35.1 Å². The predicted octanol–water partition coefficient (Wildman–Crippen LogP) is 3.20. The smallest absolute Gasteiger partial charge is 0.280 e. The van der Waals surface area contributed by atoms with Crippen LogP contribution in [0.1, 0.15) is 30.5 Å². The molecule has 3 rings (SSSR count). The zero-order chi connectivity index (χ0) is 14.1. The Morgan fingerprint density at radius 3 is 2.55 bits per heavy atom. The second-order valence-electron chi connectivity index (χ2n) is 4.90. The van der Waals surface area contributed by atoms with Gasteiger partial charge in [-0.05, 0) is 37.1 Å². The Bertz CT molecular complexity index is 588. The van der Waals surface area contributed by atoms with E-state index in [1.807, 2.05) is 0 Å². The fraction of sp³-hybridized carbons (Fsp3) is 0.357. The highest BCUT2D eigenvalue weighted by molar-refractivity contribution is 5.35. The number of aromatic nitrogens is 2. The number of hydrogen-bond acceptors (Lipinski definition) is 2. The minimum absolute atomic E-state index is 0.134. The number of halogens is 3. The third-order valence-corrected chi connectivity index (χ3v) is 3.32. The van der Waals surface area contributed by atoms with Crippen LogP contribution >= 0.6 is 0 Å². The van der Waals surface area contributed by atoms with E-state index in [2.05, 4.69) is 10.4 Å². The molecule has 1 aromatic heterocycles. The Balaban J connectivity index is 1.91. The minimum Gasteiger partial charge on any atom is -0.310 e. The summed E-state index contributed by atoms with van der Waals surface area (Å²) in [6.07, 6.45) is 1.01. The average Bonchev–Trinajstić information content (AvgIpc) is 3.15. The lowest BCUT2D eigenvalue weighted by Gasteiger charge is -2.09. The molecular weight excluding hydrogens is 267 g/mol. The summed E-state index contributed by atoms with van der Waals surface area (Å²) in [5, 5.41) is 7.21. The van der Waals surface area contributed by atoms with Gasteiger partial charge in [0.1, 0.15) is 11.5 Å². The quantitative estimate of drug-likeness (QED) is 0.912. The van der Waals surface area contributed by atoms with Crippen molar-refractivity contribution in [1.82, 2.24) is 15.1 Å². The summed E-state index contributed by atoms with van der Waals surface area (Å²) in [4.78, 5) is 0. The fourth-order valence-electron chi connectivity index (χ4n) is 2.09. The third kappa shape index (κ3) is 2.70. The highest BCUT2D eigenvalue weighted by atomic mass is 19.3. The maximum absolute atomic E-state index is 13.3. The Hall–Kier alpha value is -1.82. The molecule has 0 amide bonds. The van der Waals surface area contributed by atoms with Crippen LogP contribution in [0.3, 0.4) is 0 Å². The van der Waals surface area contributed by atoms with E-state index in [9.17, 15) is 13.2 Å². The zero-order valence-corrected chi connectivity index (χ0v) is 10.7. The van der Waals surface area contributed by atoms with Gasteiger partial charge in [-0.3, -0.25) is 0 Å². The van der Waals surface area contributed by atoms with Crippen molar-refractivity contribution in [1.29, 1.82) is 0 Å². The van der Waals surface area contributed by atoms with Crippen molar-refractivity contribution < 1.29 is 13.2 Å². The van der Waals surface area contributed by atoms with Crippen molar-refractivity contribution in [2.24, 2.45) is 0 Å². The van der Waals surface area contributed by atoms with E-state index in [1.54, 1.807) is 0 Å². The van der Waals surface area contributed by atoms with E-state index in [4.69, 9.17) is 0 Å². The van der Waals surface area contributed by atoms with E-state index >= 15 is 0 Å². The molecule has 0 bridgehead atoms. The van der Waals surface area contributed by atoms with Gasteiger partial charge in [0.25, 0.3) is 6.43 Å². The molecule has 1 aliphatic rings. The lowest BCUT2D eigenvalue weighted by Crippen LogP contribution is -2.16. The normalized spacial score (nSPS) is 15.0.